The molecule has 0 amide bonds. The molecule has 0 aromatic carbocycles. The molecule has 0 spiro atoms. The van der Waals surface area contributed by atoms with E-state index >= 15 is 0 Å². The van der Waals surface area contributed by atoms with Gasteiger partial charge in [0.2, 0.25) is 11.6 Å². The molecule has 0 saturated heterocycles. The first-order valence-electron chi connectivity index (χ1n) is 4.19. The Balaban J connectivity index is 2.53. The summed E-state index contributed by atoms with van der Waals surface area (Å²) >= 11 is 0. The molecule has 2 aromatic heterocycles. The van der Waals surface area contributed by atoms with Crippen LogP contribution in [0.4, 0.5) is 5.95 Å². The van der Waals surface area contributed by atoms with Gasteiger partial charge in [0.15, 0.2) is 5.52 Å². The molecule has 0 saturated carbocycles. The maximum Gasteiger partial charge on any atom is 0.280 e. The van der Waals surface area contributed by atoms with E-state index in [-0.39, 0.29) is 30.3 Å². The second-order valence-corrected chi connectivity index (χ2v) is 2.75. The summed E-state index contributed by atoms with van der Waals surface area (Å²) in [6.45, 7) is -0.0574. The summed E-state index contributed by atoms with van der Waals surface area (Å²) < 4.78 is 1.19. The van der Waals surface area contributed by atoms with Crippen molar-refractivity contribution in [1.82, 2.24) is 19.7 Å². The zero-order chi connectivity index (χ0) is 10.8. The van der Waals surface area contributed by atoms with Gasteiger partial charge in [-0.15, -0.1) is 0 Å². The number of nitrogens with two attached hydrogens (primary N) is 1. The lowest BCUT2D eigenvalue weighted by Crippen LogP contribution is -2.17. The zero-order valence-electron chi connectivity index (χ0n) is 7.67. The molecule has 0 aliphatic carbocycles. The van der Waals surface area contributed by atoms with Gasteiger partial charge >= 0.3 is 0 Å². The number of aliphatic hydroxyl groups excluding tert-OH is 1. The molecule has 2 aromatic rings. The van der Waals surface area contributed by atoms with Crippen LogP contribution in [0.3, 0.4) is 0 Å². The zero-order valence-corrected chi connectivity index (χ0v) is 7.67. The third-order valence-corrected chi connectivity index (χ3v) is 1.72. The maximum absolute atomic E-state index is 11.3. The highest BCUT2D eigenvalue weighted by Gasteiger charge is 2.09. The van der Waals surface area contributed by atoms with E-state index in [4.69, 9.17) is 15.7 Å². The van der Waals surface area contributed by atoms with Crippen LogP contribution in [0.25, 0.3) is 11.2 Å². The van der Waals surface area contributed by atoms with Gasteiger partial charge in [-0.25, -0.2) is 4.98 Å². The van der Waals surface area contributed by atoms with E-state index in [1.165, 1.54) is 11.1 Å². The molecule has 15 heavy (non-hydrogen) atoms. The van der Waals surface area contributed by atoms with Gasteiger partial charge in [0, 0.05) is 0 Å². The van der Waals surface area contributed by atoms with E-state index in [1.807, 2.05) is 0 Å². The lowest BCUT2D eigenvalue weighted by Gasteiger charge is -2.03. The van der Waals surface area contributed by atoms with Crippen LogP contribution < -0.4 is 16.1 Å². The van der Waals surface area contributed by atoms with Crippen LogP contribution in [-0.4, -0.2) is 38.0 Å². The summed E-state index contributed by atoms with van der Waals surface area (Å²) in [6, 6.07) is 0. The number of imidazole rings is 1. The van der Waals surface area contributed by atoms with E-state index in [0.29, 0.717) is 0 Å². The quantitative estimate of drug-likeness (QED) is 0.546. The number of aliphatic hydroxyl groups is 1. The third kappa shape index (κ3) is 1.62. The minimum absolute atomic E-state index is 0.0122. The number of hydrogen-bond acceptors (Lipinski definition) is 6. The van der Waals surface area contributed by atoms with Gasteiger partial charge in [-0.1, -0.05) is 0 Å². The fourth-order valence-corrected chi connectivity index (χ4v) is 1.14. The van der Waals surface area contributed by atoms with Gasteiger partial charge in [0.05, 0.1) is 6.61 Å². The van der Waals surface area contributed by atoms with E-state index in [2.05, 4.69) is 15.0 Å². The Hall–Kier alpha value is -2.09. The summed E-state index contributed by atoms with van der Waals surface area (Å²) in [4.78, 5) is 26.4. The molecular formula is C7H9N5O3. The Labute approximate surface area is 83.3 Å². The number of nitrogen functional groups attached to an aromatic ring is 1. The first-order chi connectivity index (χ1) is 7.22. The number of anilines is 1. The average molecular weight is 211 g/mol. The summed E-state index contributed by atoms with van der Waals surface area (Å²) in [5, 5.41) is 8.57. The van der Waals surface area contributed by atoms with Crippen LogP contribution in [0.1, 0.15) is 0 Å². The molecule has 0 unspecified atom stereocenters. The molecule has 2 rings (SSSR count). The topological polar surface area (TPSA) is 119 Å². The highest BCUT2D eigenvalue weighted by molar-refractivity contribution is 5.69. The van der Waals surface area contributed by atoms with E-state index < -0.39 is 5.56 Å². The van der Waals surface area contributed by atoms with Gasteiger partial charge in [0.25, 0.3) is 5.56 Å². The number of nitrogens with zero attached hydrogens (tertiary/aromatic N) is 3. The lowest BCUT2D eigenvalue weighted by atomic mass is 10.5. The van der Waals surface area contributed by atoms with Crippen molar-refractivity contribution < 1.29 is 9.94 Å². The molecule has 0 bridgehead atoms. The molecule has 4 N–H and O–H groups in total. The summed E-state index contributed by atoms with van der Waals surface area (Å²) in [7, 11) is 0. The van der Waals surface area contributed by atoms with Crippen molar-refractivity contribution >= 4 is 17.1 Å². The van der Waals surface area contributed by atoms with Crippen LogP contribution in [-0.2, 0) is 0 Å². The molecule has 0 aliphatic rings. The molecule has 0 radical (unpaired) electrons. The van der Waals surface area contributed by atoms with Gasteiger partial charge in [-0.05, 0) is 0 Å². The lowest BCUT2D eigenvalue weighted by molar-refractivity contribution is 0.0812. The van der Waals surface area contributed by atoms with Crippen molar-refractivity contribution in [2.75, 3.05) is 18.9 Å². The average Bonchev–Trinajstić information content (AvgIpc) is 2.58. The van der Waals surface area contributed by atoms with Crippen molar-refractivity contribution in [2.24, 2.45) is 0 Å². The summed E-state index contributed by atoms with van der Waals surface area (Å²) in [5.41, 5.74) is 5.31. The molecule has 0 fully saturated rings. The first-order valence-corrected chi connectivity index (χ1v) is 4.19. The molecule has 80 valence electrons. The highest BCUT2D eigenvalue weighted by Crippen LogP contribution is 2.03. The smallest absolute Gasteiger partial charge is 0.280 e. The highest BCUT2D eigenvalue weighted by atomic mass is 16.7. The second kappa shape index (κ2) is 3.58. The Morgan fingerprint density at radius 2 is 2.47 bits per heavy atom. The Bertz CT molecular complexity index is 531. The van der Waals surface area contributed by atoms with Gasteiger partial charge in [-0.3, -0.25) is 9.78 Å². The predicted octanol–water partition coefficient (Wildman–Crippen LogP) is -1.88. The maximum atomic E-state index is 11.3. The van der Waals surface area contributed by atoms with E-state index in [0.717, 1.165) is 0 Å². The largest absolute Gasteiger partial charge is 0.408 e. The number of hydrogen-bond donors (Lipinski definition) is 3. The normalized spacial score (nSPS) is 10.7. The van der Waals surface area contributed by atoms with Crippen LogP contribution in [0, 0.1) is 0 Å². The van der Waals surface area contributed by atoms with Gasteiger partial charge in [0.1, 0.15) is 12.9 Å². The SMILES string of the molecule is Nc1nc2c(ncn2OCCO)c(=O)[nH]1. The second-order valence-electron chi connectivity index (χ2n) is 2.75. The molecule has 0 atom stereocenters. The van der Waals surface area contributed by atoms with Crippen molar-refractivity contribution in [2.45, 2.75) is 0 Å². The van der Waals surface area contributed by atoms with E-state index in [9.17, 15) is 4.79 Å². The van der Waals surface area contributed by atoms with E-state index in [1.54, 1.807) is 0 Å². The van der Waals surface area contributed by atoms with Crippen molar-refractivity contribution in [1.29, 1.82) is 0 Å². The molecule has 0 aliphatic heterocycles. The Morgan fingerprint density at radius 3 is 3.20 bits per heavy atom. The molecular weight excluding hydrogens is 202 g/mol. The summed E-state index contributed by atoms with van der Waals surface area (Å²) in [6.07, 6.45) is 1.29. The number of nitrogens with one attached hydrogen (secondary N) is 1. The summed E-state index contributed by atoms with van der Waals surface area (Å²) in [5.74, 6) is -0.0122. The van der Waals surface area contributed by atoms with Crippen LogP contribution in [0.5, 0.6) is 0 Å². The third-order valence-electron chi connectivity index (χ3n) is 1.72. The van der Waals surface area contributed by atoms with Crippen LogP contribution >= 0.6 is 0 Å². The predicted molar refractivity (Wildman–Crippen MR) is 51.1 cm³/mol. The number of aromatic amines is 1. The van der Waals surface area contributed by atoms with Crippen molar-refractivity contribution in [3.8, 4) is 0 Å². The van der Waals surface area contributed by atoms with Crippen LogP contribution in [0.2, 0.25) is 0 Å². The fourth-order valence-electron chi connectivity index (χ4n) is 1.14. The number of H-pyrrole nitrogens is 1. The van der Waals surface area contributed by atoms with Crippen molar-refractivity contribution in [3.63, 3.8) is 0 Å². The minimum Gasteiger partial charge on any atom is -0.408 e. The first kappa shape index (κ1) is 9.46. The monoisotopic (exact) mass is 211 g/mol. The van der Waals surface area contributed by atoms with Gasteiger partial charge in [-0.2, -0.15) is 9.71 Å². The van der Waals surface area contributed by atoms with Crippen LogP contribution in [0.15, 0.2) is 11.1 Å². The minimum atomic E-state index is -0.427. The number of fused-ring (bicyclic) bond motifs is 1. The number of aromatic nitrogens is 4. The standard InChI is InChI=1S/C7H9N5O3/c8-7-10-5-4(6(14)11-7)9-3-12(5)15-2-1-13/h3,13H,1-2H2,(H3,8,10,11,14). The molecule has 8 nitrogen and oxygen atoms in total. The van der Waals surface area contributed by atoms with Gasteiger partial charge < -0.3 is 15.7 Å². The van der Waals surface area contributed by atoms with Crippen molar-refractivity contribution in [3.05, 3.63) is 16.7 Å². The molecule has 8 heteroatoms. The fraction of sp³-hybridized carbons (Fsp3) is 0.286. The Kier molecular flexibility index (Phi) is 2.26. The molecule has 2 heterocycles. The Morgan fingerprint density at radius 1 is 1.67 bits per heavy atom. The number of rotatable bonds is 3.